The third kappa shape index (κ3) is 9.73. The first-order valence-corrected chi connectivity index (χ1v) is 10.3. The molecule has 0 saturated carbocycles. The van der Waals surface area contributed by atoms with Crippen molar-refractivity contribution in [3.8, 4) is 0 Å². The van der Waals surface area contributed by atoms with Crippen LogP contribution in [0.2, 0.25) is 0 Å². The van der Waals surface area contributed by atoms with E-state index in [0.717, 1.165) is 31.6 Å². The molecule has 1 aliphatic heterocycles. The molecule has 0 aliphatic carbocycles. The van der Waals surface area contributed by atoms with E-state index in [1.807, 2.05) is 37.3 Å². The second-order valence-electron chi connectivity index (χ2n) is 7.12. The summed E-state index contributed by atoms with van der Waals surface area (Å²) in [7, 11) is 0. The quantitative estimate of drug-likeness (QED) is 0.211. The van der Waals surface area contributed by atoms with E-state index in [0.29, 0.717) is 18.5 Å². The minimum absolute atomic E-state index is 0. The van der Waals surface area contributed by atoms with Gasteiger partial charge in [0.1, 0.15) is 6.54 Å². The summed E-state index contributed by atoms with van der Waals surface area (Å²) in [6, 6.07) is 10.6. The summed E-state index contributed by atoms with van der Waals surface area (Å²) in [5.41, 5.74) is 1.09. The third-order valence-corrected chi connectivity index (χ3v) is 4.91. The van der Waals surface area contributed by atoms with Crippen LogP contribution >= 0.6 is 24.0 Å². The molecule has 3 N–H and O–H groups in total. The number of nitrogens with one attached hydrogen (secondary N) is 3. The minimum Gasteiger partial charge on any atom is -0.357 e. The number of halogens is 1. The van der Waals surface area contributed by atoms with Gasteiger partial charge in [-0.25, -0.2) is 4.99 Å². The number of rotatable bonds is 9. The molecule has 7 heteroatoms. The molecule has 1 unspecified atom stereocenters. The Morgan fingerprint density at radius 3 is 2.68 bits per heavy atom. The van der Waals surface area contributed by atoms with Crippen molar-refractivity contribution in [2.45, 2.75) is 52.1 Å². The Hall–Kier alpha value is -1.35. The molecule has 0 aromatic heterocycles. The molecule has 1 aliphatic rings. The highest BCUT2D eigenvalue weighted by Gasteiger charge is 2.17. The van der Waals surface area contributed by atoms with E-state index in [2.05, 4.69) is 32.8 Å². The first kappa shape index (κ1) is 24.7. The second kappa shape index (κ2) is 14.6. The summed E-state index contributed by atoms with van der Waals surface area (Å²) in [6.45, 7) is 9.00. The predicted octanol–water partition coefficient (Wildman–Crippen LogP) is 2.74. The fourth-order valence-corrected chi connectivity index (χ4v) is 3.32. The Morgan fingerprint density at radius 2 is 1.96 bits per heavy atom. The molecule has 0 radical (unpaired) electrons. The van der Waals surface area contributed by atoms with Crippen LogP contribution in [-0.2, 0) is 11.3 Å². The Morgan fingerprint density at radius 1 is 1.18 bits per heavy atom. The molecule has 1 saturated heterocycles. The smallest absolute Gasteiger partial charge is 0.242 e. The third-order valence-electron chi connectivity index (χ3n) is 4.91. The number of nitrogens with zero attached hydrogens (tertiary/aromatic N) is 2. The lowest BCUT2D eigenvalue weighted by atomic mass is 10.0. The van der Waals surface area contributed by atoms with E-state index >= 15 is 0 Å². The van der Waals surface area contributed by atoms with Crippen molar-refractivity contribution in [3.63, 3.8) is 0 Å². The van der Waals surface area contributed by atoms with Crippen LogP contribution in [0.1, 0.15) is 45.1 Å². The summed E-state index contributed by atoms with van der Waals surface area (Å²) >= 11 is 0. The first-order valence-electron chi connectivity index (χ1n) is 10.3. The lowest BCUT2D eigenvalue weighted by Crippen LogP contribution is -2.41. The molecule has 1 amide bonds. The van der Waals surface area contributed by atoms with Crippen LogP contribution in [0, 0.1) is 0 Å². The van der Waals surface area contributed by atoms with Gasteiger partial charge in [0, 0.05) is 32.2 Å². The molecular weight excluding hydrogens is 465 g/mol. The molecule has 2 rings (SSSR count). The molecule has 28 heavy (non-hydrogen) atoms. The Balaban J connectivity index is 0.00000392. The van der Waals surface area contributed by atoms with Gasteiger partial charge >= 0.3 is 0 Å². The Bertz CT molecular complexity index is 581. The zero-order valence-electron chi connectivity index (χ0n) is 17.2. The van der Waals surface area contributed by atoms with Gasteiger partial charge in [0.2, 0.25) is 5.91 Å². The largest absolute Gasteiger partial charge is 0.357 e. The van der Waals surface area contributed by atoms with Crippen LogP contribution in [-0.4, -0.2) is 55.5 Å². The fraction of sp³-hybridized carbons (Fsp3) is 0.619. The van der Waals surface area contributed by atoms with Gasteiger partial charge in [0.15, 0.2) is 5.96 Å². The normalized spacial score (nSPS) is 17.5. The summed E-state index contributed by atoms with van der Waals surface area (Å²) in [5.74, 6) is 0.636. The average Bonchev–Trinajstić information content (AvgIpc) is 2.69. The van der Waals surface area contributed by atoms with Crippen molar-refractivity contribution in [3.05, 3.63) is 35.9 Å². The summed E-state index contributed by atoms with van der Waals surface area (Å²) < 4.78 is 0. The van der Waals surface area contributed by atoms with Gasteiger partial charge < -0.3 is 20.9 Å². The van der Waals surface area contributed by atoms with E-state index in [1.165, 1.54) is 25.8 Å². The van der Waals surface area contributed by atoms with Gasteiger partial charge in [0.05, 0.1) is 0 Å². The molecule has 0 spiro atoms. The maximum Gasteiger partial charge on any atom is 0.242 e. The standard InChI is InChI=1S/C21H35N5O.HI/c1-3-22-21(23-13-9-15-26-14-8-7-10-18(26)2)25-17-20(27)24-16-19-11-5-4-6-12-19;/h4-6,11-12,18H,3,7-10,13-17H2,1-2H3,(H,24,27)(H2,22,23,25);1H. The van der Waals surface area contributed by atoms with Gasteiger partial charge in [-0.05, 0) is 45.2 Å². The van der Waals surface area contributed by atoms with Crippen molar-refractivity contribution in [2.24, 2.45) is 4.99 Å². The highest BCUT2D eigenvalue weighted by atomic mass is 127. The minimum atomic E-state index is -0.0711. The number of piperidine rings is 1. The molecule has 1 aromatic carbocycles. The molecular formula is C21H36IN5O. The van der Waals surface area contributed by atoms with Gasteiger partial charge in [-0.3, -0.25) is 4.79 Å². The lowest BCUT2D eigenvalue weighted by molar-refractivity contribution is -0.119. The second-order valence-corrected chi connectivity index (χ2v) is 7.12. The number of guanidine groups is 1. The fourth-order valence-electron chi connectivity index (χ4n) is 3.32. The van der Waals surface area contributed by atoms with Crippen molar-refractivity contribution in [2.75, 3.05) is 32.7 Å². The van der Waals surface area contributed by atoms with E-state index in [4.69, 9.17) is 0 Å². The van der Waals surface area contributed by atoms with Crippen LogP contribution in [0.25, 0.3) is 0 Å². The van der Waals surface area contributed by atoms with Crippen molar-refractivity contribution >= 4 is 35.8 Å². The number of amides is 1. The van der Waals surface area contributed by atoms with Crippen molar-refractivity contribution < 1.29 is 4.79 Å². The van der Waals surface area contributed by atoms with Gasteiger partial charge in [-0.15, -0.1) is 24.0 Å². The van der Waals surface area contributed by atoms with Gasteiger partial charge in [-0.1, -0.05) is 36.8 Å². The van der Waals surface area contributed by atoms with Crippen molar-refractivity contribution in [1.82, 2.24) is 20.9 Å². The number of likely N-dealkylation sites (tertiary alicyclic amines) is 1. The van der Waals surface area contributed by atoms with Crippen molar-refractivity contribution in [1.29, 1.82) is 0 Å². The van der Waals surface area contributed by atoms with E-state index in [-0.39, 0.29) is 36.4 Å². The zero-order chi connectivity index (χ0) is 19.3. The van der Waals surface area contributed by atoms with E-state index in [1.54, 1.807) is 0 Å². The number of carbonyl (C=O) groups is 1. The zero-order valence-corrected chi connectivity index (χ0v) is 19.6. The molecule has 1 atom stereocenters. The monoisotopic (exact) mass is 501 g/mol. The lowest BCUT2D eigenvalue weighted by Gasteiger charge is -2.33. The Labute approximate surface area is 187 Å². The van der Waals surface area contributed by atoms with Crippen LogP contribution in [0.3, 0.4) is 0 Å². The number of aliphatic imine (C=N–C) groups is 1. The highest BCUT2D eigenvalue weighted by molar-refractivity contribution is 14.0. The molecule has 1 heterocycles. The molecule has 1 fully saturated rings. The SMILES string of the molecule is CCNC(=NCC(=O)NCc1ccccc1)NCCCN1CCCCC1C.I. The maximum atomic E-state index is 12.0. The maximum absolute atomic E-state index is 12.0. The molecule has 6 nitrogen and oxygen atoms in total. The number of benzene rings is 1. The van der Waals surface area contributed by atoms with Gasteiger partial charge in [0.25, 0.3) is 0 Å². The topological polar surface area (TPSA) is 68.8 Å². The van der Waals surface area contributed by atoms with Crippen LogP contribution in [0.4, 0.5) is 0 Å². The average molecular weight is 501 g/mol. The number of hydrogen-bond donors (Lipinski definition) is 3. The summed E-state index contributed by atoms with van der Waals surface area (Å²) in [5, 5.41) is 9.44. The van der Waals surface area contributed by atoms with E-state index < -0.39 is 0 Å². The highest BCUT2D eigenvalue weighted by Crippen LogP contribution is 2.15. The summed E-state index contributed by atoms with van der Waals surface area (Å²) in [6.07, 6.45) is 5.07. The Kier molecular flexibility index (Phi) is 12.9. The van der Waals surface area contributed by atoms with Gasteiger partial charge in [-0.2, -0.15) is 0 Å². The summed E-state index contributed by atoms with van der Waals surface area (Å²) in [4.78, 5) is 19.0. The van der Waals surface area contributed by atoms with Crippen LogP contribution < -0.4 is 16.0 Å². The first-order chi connectivity index (χ1) is 13.2. The van der Waals surface area contributed by atoms with Crippen LogP contribution in [0.15, 0.2) is 35.3 Å². The number of carbonyl (C=O) groups excluding carboxylic acids is 1. The number of hydrogen-bond acceptors (Lipinski definition) is 3. The van der Waals surface area contributed by atoms with E-state index in [9.17, 15) is 4.79 Å². The van der Waals surface area contributed by atoms with Crippen LogP contribution in [0.5, 0.6) is 0 Å². The molecule has 158 valence electrons. The molecule has 0 bridgehead atoms. The molecule has 1 aromatic rings. The predicted molar refractivity (Wildman–Crippen MR) is 127 cm³/mol.